The third-order valence-corrected chi connectivity index (χ3v) is 4.88. The molecule has 16 heavy (non-hydrogen) atoms. The second kappa shape index (κ2) is 4.86. The van der Waals surface area contributed by atoms with Crippen molar-refractivity contribution in [2.45, 2.75) is 26.3 Å². The van der Waals surface area contributed by atoms with Crippen molar-refractivity contribution < 1.29 is 0 Å². The van der Waals surface area contributed by atoms with Crippen LogP contribution in [0.1, 0.15) is 29.8 Å². The molecular weight excluding hydrogens is 216 g/mol. The van der Waals surface area contributed by atoms with E-state index in [4.69, 9.17) is 5.73 Å². The van der Waals surface area contributed by atoms with E-state index in [1.807, 2.05) is 11.3 Å². The number of nitrogens with zero attached hydrogens (tertiary/aromatic N) is 1. The lowest BCUT2D eigenvalue weighted by molar-refractivity contribution is 0.239. The van der Waals surface area contributed by atoms with Gasteiger partial charge in [0.25, 0.3) is 0 Å². The van der Waals surface area contributed by atoms with Crippen LogP contribution in [0.25, 0.3) is 0 Å². The molecule has 0 bridgehead atoms. The van der Waals surface area contributed by atoms with Gasteiger partial charge in [0.1, 0.15) is 0 Å². The summed E-state index contributed by atoms with van der Waals surface area (Å²) < 4.78 is 0. The summed E-state index contributed by atoms with van der Waals surface area (Å²) in [4.78, 5) is 3.88. The Morgan fingerprint density at radius 2 is 2.31 bits per heavy atom. The van der Waals surface area contributed by atoms with E-state index in [9.17, 15) is 0 Å². The van der Waals surface area contributed by atoms with Crippen molar-refractivity contribution in [2.24, 2.45) is 17.6 Å². The summed E-state index contributed by atoms with van der Waals surface area (Å²) in [5.74, 6) is 1.82. The molecule has 0 amide bonds. The van der Waals surface area contributed by atoms with E-state index in [2.05, 4.69) is 37.2 Å². The van der Waals surface area contributed by atoms with Gasteiger partial charge in [0.05, 0.1) is 6.04 Å². The zero-order chi connectivity index (χ0) is 11.7. The van der Waals surface area contributed by atoms with Crippen LogP contribution >= 0.6 is 11.3 Å². The summed E-state index contributed by atoms with van der Waals surface area (Å²) in [5, 5.41) is 2.17. The van der Waals surface area contributed by atoms with Crippen molar-refractivity contribution >= 4 is 11.3 Å². The van der Waals surface area contributed by atoms with Crippen LogP contribution in [-0.4, -0.2) is 25.0 Å². The first-order chi connectivity index (χ1) is 7.63. The zero-order valence-electron chi connectivity index (χ0n) is 10.4. The number of likely N-dealkylation sites (N-methyl/N-ethyl adjacent to an activating group) is 1. The van der Waals surface area contributed by atoms with E-state index in [1.165, 1.54) is 23.4 Å². The molecule has 3 unspecified atom stereocenters. The molecule has 0 radical (unpaired) electrons. The molecule has 1 aliphatic rings. The van der Waals surface area contributed by atoms with E-state index in [-0.39, 0.29) is 0 Å². The Morgan fingerprint density at radius 1 is 1.62 bits per heavy atom. The molecule has 0 aliphatic heterocycles. The van der Waals surface area contributed by atoms with E-state index >= 15 is 0 Å². The van der Waals surface area contributed by atoms with Gasteiger partial charge in [-0.3, -0.25) is 4.90 Å². The molecule has 1 aliphatic carbocycles. The molecule has 1 aromatic heterocycles. The van der Waals surface area contributed by atoms with Crippen molar-refractivity contribution in [1.29, 1.82) is 0 Å². The van der Waals surface area contributed by atoms with Gasteiger partial charge in [-0.15, -0.1) is 11.3 Å². The van der Waals surface area contributed by atoms with E-state index in [0.29, 0.717) is 6.04 Å². The Balaban J connectivity index is 2.01. The number of hydrogen-bond donors (Lipinski definition) is 1. The molecule has 0 saturated heterocycles. The summed E-state index contributed by atoms with van der Waals surface area (Å²) >= 11 is 1.84. The second-order valence-corrected chi connectivity index (χ2v) is 6.08. The highest BCUT2D eigenvalue weighted by Gasteiger charge is 2.34. The highest BCUT2D eigenvalue weighted by Crippen LogP contribution is 2.39. The molecule has 0 aromatic carbocycles. The molecule has 2 rings (SSSR count). The van der Waals surface area contributed by atoms with Crippen molar-refractivity contribution in [3.8, 4) is 0 Å². The normalized spacial score (nSPS) is 26.1. The van der Waals surface area contributed by atoms with Crippen LogP contribution in [-0.2, 0) is 0 Å². The number of aryl methyl sites for hydroxylation is 1. The average molecular weight is 238 g/mol. The molecular formula is C13H22N2S. The summed E-state index contributed by atoms with van der Waals surface area (Å²) in [6.45, 7) is 6.44. The number of rotatable bonds is 5. The fourth-order valence-electron chi connectivity index (χ4n) is 2.36. The van der Waals surface area contributed by atoms with E-state index in [1.54, 1.807) is 0 Å². The first kappa shape index (κ1) is 12.1. The number of hydrogen-bond acceptors (Lipinski definition) is 3. The van der Waals surface area contributed by atoms with Crippen LogP contribution < -0.4 is 5.73 Å². The summed E-state index contributed by atoms with van der Waals surface area (Å²) in [6, 6.07) is 2.60. The number of nitrogens with two attached hydrogens (primary N) is 1. The van der Waals surface area contributed by atoms with Gasteiger partial charge in [-0.25, -0.2) is 0 Å². The van der Waals surface area contributed by atoms with Crippen LogP contribution in [0.5, 0.6) is 0 Å². The largest absolute Gasteiger partial charge is 0.329 e. The first-order valence-corrected chi connectivity index (χ1v) is 6.95. The lowest BCUT2D eigenvalue weighted by atomic mass is 10.1. The van der Waals surface area contributed by atoms with Crippen molar-refractivity contribution in [2.75, 3.05) is 20.1 Å². The van der Waals surface area contributed by atoms with Gasteiger partial charge in [0.2, 0.25) is 0 Å². The van der Waals surface area contributed by atoms with Gasteiger partial charge >= 0.3 is 0 Å². The van der Waals surface area contributed by atoms with Crippen LogP contribution in [0.2, 0.25) is 0 Å². The Labute approximate surface area is 102 Å². The third kappa shape index (κ3) is 2.47. The maximum atomic E-state index is 5.93. The monoisotopic (exact) mass is 238 g/mol. The van der Waals surface area contributed by atoms with Crippen molar-refractivity contribution in [3.63, 3.8) is 0 Å². The fourth-order valence-corrected chi connectivity index (χ4v) is 3.47. The molecule has 3 atom stereocenters. The van der Waals surface area contributed by atoms with Gasteiger partial charge in [-0.05, 0) is 49.2 Å². The third-order valence-electron chi connectivity index (χ3n) is 3.76. The van der Waals surface area contributed by atoms with Gasteiger partial charge < -0.3 is 5.73 Å². The highest BCUT2D eigenvalue weighted by molar-refractivity contribution is 7.10. The van der Waals surface area contributed by atoms with Crippen molar-refractivity contribution in [1.82, 2.24) is 4.90 Å². The molecule has 2 N–H and O–H groups in total. The maximum absolute atomic E-state index is 5.93. The smallest absolute Gasteiger partial charge is 0.0564 e. The summed E-state index contributed by atoms with van der Waals surface area (Å²) in [7, 11) is 2.21. The predicted molar refractivity (Wildman–Crippen MR) is 70.8 cm³/mol. The van der Waals surface area contributed by atoms with E-state index in [0.717, 1.165) is 18.4 Å². The molecule has 1 aromatic rings. The van der Waals surface area contributed by atoms with Gasteiger partial charge in [0.15, 0.2) is 0 Å². The SMILES string of the molecule is Cc1ccsc1C(CN)N(C)CC1CC1C. The minimum atomic E-state index is 0.410. The summed E-state index contributed by atoms with van der Waals surface area (Å²) in [5.41, 5.74) is 7.31. The van der Waals surface area contributed by atoms with Gasteiger partial charge in [0, 0.05) is 18.0 Å². The van der Waals surface area contributed by atoms with Gasteiger partial charge in [-0.1, -0.05) is 6.92 Å². The van der Waals surface area contributed by atoms with E-state index < -0.39 is 0 Å². The fraction of sp³-hybridized carbons (Fsp3) is 0.692. The molecule has 1 saturated carbocycles. The Morgan fingerprint density at radius 3 is 2.75 bits per heavy atom. The molecule has 0 spiro atoms. The predicted octanol–water partition coefficient (Wildman–Crippen LogP) is 2.64. The Kier molecular flexibility index (Phi) is 3.67. The van der Waals surface area contributed by atoms with Gasteiger partial charge in [-0.2, -0.15) is 0 Å². The topological polar surface area (TPSA) is 29.3 Å². The van der Waals surface area contributed by atoms with Crippen molar-refractivity contribution in [3.05, 3.63) is 21.9 Å². The first-order valence-electron chi connectivity index (χ1n) is 6.07. The van der Waals surface area contributed by atoms with Crippen LogP contribution in [0, 0.1) is 18.8 Å². The minimum Gasteiger partial charge on any atom is -0.329 e. The lowest BCUT2D eigenvalue weighted by Crippen LogP contribution is -2.32. The zero-order valence-corrected chi connectivity index (χ0v) is 11.3. The van der Waals surface area contributed by atoms with Crippen LogP contribution in [0.4, 0.5) is 0 Å². The summed E-state index contributed by atoms with van der Waals surface area (Å²) in [6.07, 6.45) is 1.39. The minimum absolute atomic E-state index is 0.410. The number of thiophene rings is 1. The maximum Gasteiger partial charge on any atom is 0.0564 e. The quantitative estimate of drug-likeness (QED) is 0.854. The average Bonchev–Trinajstić information content (AvgIpc) is 2.74. The van der Waals surface area contributed by atoms with Crippen LogP contribution in [0.15, 0.2) is 11.4 Å². The Bertz CT molecular complexity index is 347. The lowest BCUT2D eigenvalue weighted by Gasteiger charge is -2.27. The molecule has 90 valence electrons. The molecule has 2 nitrogen and oxygen atoms in total. The molecule has 1 heterocycles. The van der Waals surface area contributed by atoms with Crippen LogP contribution in [0.3, 0.4) is 0 Å². The standard InChI is InChI=1S/C13H22N2S/c1-9-4-5-16-13(9)12(7-14)15(3)8-11-6-10(11)2/h4-5,10-12H,6-8,14H2,1-3H3. The second-order valence-electron chi connectivity index (χ2n) is 5.13. The Hall–Kier alpha value is -0.380. The highest BCUT2D eigenvalue weighted by atomic mass is 32.1. The molecule has 1 fully saturated rings. The molecule has 3 heteroatoms.